The summed E-state index contributed by atoms with van der Waals surface area (Å²) in [5.41, 5.74) is -5.51. The molecule has 0 radical (unpaired) electrons. The van der Waals surface area contributed by atoms with Crippen LogP contribution in [0, 0.1) is 0 Å². The molecule has 16 nitrogen and oxygen atoms in total. The first-order valence-electron chi connectivity index (χ1n) is 19.9. The number of nitrogens with two attached hydrogens (primary N) is 1. The monoisotopic (exact) mass is 910 g/mol. The molecular weight excluding hydrogens is 854 g/mol. The Morgan fingerprint density at radius 3 is 1.33 bits per heavy atom. The van der Waals surface area contributed by atoms with E-state index in [-0.39, 0.29) is 17.5 Å². The number of nitrogens with one attached hydrogen (secondary N) is 3. The molecule has 2 aromatic carbocycles. The molecule has 4 amide bonds. The number of carbonyl (C=O) groups is 5. The largest absolute Gasteiger partial charge is 0.481 e. The van der Waals surface area contributed by atoms with Crippen molar-refractivity contribution in [1.29, 1.82) is 0 Å². The first-order chi connectivity index (χ1) is 28.4. The molecule has 0 aromatic heterocycles. The Morgan fingerprint density at radius 1 is 0.590 bits per heavy atom. The average molecular weight is 911 g/mol. The van der Waals surface area contributed by atoms with Gasteiger partial charge in [-0.2, -0.15) is 17.6 Å². The van der Waals surface area contributed by atoms with Gasteiger partial charge in [-0.15, -0.1) is 0 Å². The van der Waals surface area contributed by atoms with Crippen LogP contribution in [-0.2, 0) is 57.3 Å². The van der Waals surface area contributed by atoms with Gasteiger partial charge in [-0.05, 0) is 17.5 Å². The highest BCUT2D eigenvalue weighted by Crippen LogP contribution is 2.60. The van der Waals surface area contributed by atoms with E-state index in [1.54, 1.807) is 0 Å². The summed E-state index contributed by atoms with van der Waals surface area (Å²) in [5, 5.41) is 16.5. The third-order valence-electron chi connectivity index (χ3n) is 9.79. The Balaban J connectivity index is 2.20. The van der Waals surface area contributed by atoms with Crippen molar-refractivity contribution < 1.29 is 75.3 Å². The van der Waals surface area contributed by atoms with Crippen molar-refractivity contribution in [3.05, 3.63) is 70.8 Å². The minimum atomic E-state index is -5.91. The van der Waals surface area contributed by atoms with E-state index in [1.807, 2.05) is 0 Å². The maximum atomic E-state index is 14.3. The van der Waals surface area contributed by atoms with Gasteiger partial charge >= 0.3 is 32.5 Å². The van der Waals surface area contributed by atoms with Crippen LogP contribution in [0.3, 0.4) is 0 Å². The molecule has 0 spiro atoms. The number of alkyl halides is 4. The molecule has 342 valence electrons. The van der Waals surface area contributed by atoms with Gasteiger partial charge in [-0.3, -0.25) is 33.1 Å². The van der Waals surface area contributed by atoms with E-state index < -0.39 is 105 Å². The average Bonchev–Trinajstić information content (AvgIpc) is 3.16. The van der Waals surface area contributed by atoms with Crippen LogP contribution in [0.2, 0.25) is 0 Å². The van der Waals surface area contributed by atoms with Crippen LogP contribution in [0.15, 0.2) is 48.5 Å². The highest BCUT2D eigenvalue weighted by atomic mass is 31.2. The van der Waals surface area contributed by atoms with Crippen molar-refractivity contribution in [2.24, 2.45) is 5.73 Å². The molecule has 2 aromatic rings. The lowest BCUT2D eigenvalue weighted by Crippen LogP contribution is -2.57. The fourth-order valence-electron chi connectivity index (χ4n) is 6.24. The fourth-order valence-corrected chi connectivity index (χ4v) is 7.21. The lowest BCUT2D eigenvalue weighted by Gasteiger charge is -2.24. The lowest BCUT2D eigenvalue weighted by atomic mass is 10.0. The van der Waals surface area contributed by atoms with Crippen molar-refractivity contribution in [2.75, 3.05) is 0 Å². The second kappa shape index (κ2) is 24.4. The number of unbranched alkanes of at least 4 members (excludes halogenated alkanes) is 11. The van der Waals surface area contributed by atoms with Crippen molar-refractivity contribution in [3.63, 3.8) is 0 Å². The van der Waals surface area contributed by atoms with Crippen molar-refractivity contribution in [3.8, 4) is 0 Å². The van der Waals surface area contributed by atoms with Gasteiger partial charge in [-0.25, -0.2) is 0 Å². The van der Waals surface area contributed by atoms with Crippen molar-refractivity contribution >= 4 is 44.8 Å². The number of carboxylic acid groups (broad SMARTS) is 1. The fraction of sp³-hybridized carbons (Fsp3) is 0.564. The van der Waals surface area contributed by atoms with Crippen molar-refractivity contribution in [1.82, 2.24) is 16.0 Å². The molecule has 0 unspecified atom stereocenters. The van der Waals surface area contributed by atoms with Gasteiger partial charge in [0.15, 0.2) is 0 Å². The van der Waals surface area contributed by atoms with Crippen molar-refractivity contribution in [2.45, 2.75) is 139 Å². The number of hydrogen-bond donors (Lipinski definition) is 9. The van der Waals surface area contributed by atoms with Gasteiger partial charge in [0.05, 0.1) is 6.42 Å². The summed E-state index contributed by atoms with van der Waals surface area (Å²) in [5.74, 6) is -5.71. The molecule has 0 saturated carbocycles. The minimum Gasteiger partial charge on any atom is -0.481 e. The number of amides is 4. The van der Waals surface area contributed by atoms with E-state index in [0.29, 0.717) is 25.0 Å². The van der Waals surface area contributed by atoms with E-state index in [9.17, 15) is 55.8 Å². The number of primary amides is 1. The van der Waals surface area contributed by atoms with E-state index >= 15 is 0 Å². The molecule has 0 aliphatic rings. The van der Waals surface area contributed by atoms with Gasteiger partial charge in [0, 0.05) is 30.4 Å². The Labute approximate surface area is 351 Å². The summed E-state index contributed by atoms with van der Waals surface area (Å²) in [6, 6.07) is 1.79. The number of carboxylic acids is 1. The van der Waals surface area contributed by atoms with Crippen LogP contribution in [0.5, 0.6) is 0 Å². The van der Waals surface area contributed by atoms with Gasteiger partial charge in [0.1, 0.15) is 18.1 Å². The second-order valence-corrected chi connectivity index (χ2v) is 18.2. The molecule has 0 heterocycles. The molecule has 0 aliphatic heterocycles. The molecule has 0 saturated heterocycles. The standard InChI is InChI=1S/C39H56F4N4O12P2/c1-2-3-4-5-6-7-8-9-10-11-12-13-14-33(48)45-31(24-27-17-21-29(22-18-27)39(42,43)61(57,58)59)36(52)47-32(25-34(49)50)37(53)46-30(35(44)51)23-26-15-19-28(20-16-26)38(40,41)60(54,55)56/h15-22,30-32H,2-14,23-25H2,1H3,(H2,44,51)(H,45,48)(H,46,53)(H,47,52)(H,49,50)(H2,54,55,56)(H2,57,58,59)/t30-,31-,32-/m0/s1. The quantitative estimate of drug-likeness (QED) is 0.0281. The zero-order valence-electron chi connectivity index (χ0n) is 33.7. The van der Waals surface area contributed by atoms with Crippen LogP contribution in [0.25, 0.3) is 0 Å². The van der Waals surface area contributed by atoms with Gasteiger partial charge in [0.25, 0.3) is 0 Å². The number of halogens is 4. The van der Waals surface area contributed by atoms with Gasteiger partial charge in [0.2, 0.25) is 23.6 Å². The number of aliphatic carboxylic acids is 1. The Hall–Kier alpha value is -4.19. The number of carbonyl (C=O) groups excluding carboxylic acids is 4. The second-order valence-electron chi connectivity index (χ2n) is 14.9. The van der Waals surface area contributed by atoms with Crippen LogP contribution in [0.4, 0.5) is 17.6 Å². The van der Waals surface area contributed by atoms with Crippen LogP contribution in [0.1, 0.15) is 119 Å². The Morgan fingerprint density at radius 2 is 0.951 bits per heavy atom. The third kappa shape index (κ3) is 17.6. The molecule has 0 fully saturated rings. The minimum absolute atomic E-state index is 0.0219. The molecule has 2 rings (SSSR count). The maximum Gasteiger partial charge on any atom is 0.399 e. The summed E-state index contributed by atoms with van der Waals surface area (Å²) in [6.45, 7) is 2.16. The Kier molecular flexibility index (Phi) is 21.2. The van der Waals surface area contributed by atoms with E-state index in [0.717, 1.165) is 68.5 Å². The van der Waals surface area contributed by atoms with E-state index in [1.165, 1.54) is 32.1 Å². The molecule has 0 bridgehead atoms. The summed E-state index contributed by atoms with van der Waals surface area (Å²) in [6.07, 6.45) is 10.5. The molecule has 22 heteroatoms. The normalized spacial score (nSPS) is 13.8. The predicted octanol–water partition coefficient (Wildman–Crippen LogP) is 5.43. The maximum absolute atomic E-state index is 14.3. The number of rotatable bonds is 29. The lowest BCUT2D eigenvalue weighted by molar-refractivity contribution is -0.141. The zero-order valence-corrected chi connectivity index (χ0v) is 35.5. The van der Waals surface area contributed by atoms with E-state index in [2.05, 4.69) is 22.9 Å². The summed E-state index contributed by atoms with van der Waals surface area (Å²) >= 11 is 0. The first kappa shape index (κ1) is 52.9. The highest BCUT2D eigenvalue weighted by molar-refractivity contribution is 7.52. The topological polar surface area (TPSA) is 283 Å². The van der Waals surface area contributed by atoms with Crippen LogP contribution < -0.4 is 21.7 Å². The molecule has 3 atom stereocenters. The van der Waals surface area contributed by atoms with Crippen LogP contribution in [-0.4, -0.2) is 72.4 Å². The summed E-state index contributed by atoms with van der Waals surface area (Å²) in [4.78, 5) is 100. The third-order valence-corrected chi connectivity index (χ3v) is 11.8. The summed E-state index contributed by atoms with van der Waals surface area (Å²) < 4.78 is 79.4. The molecule has 61 heavy (non-hydrogen) atoms. The van der Waals surface area contributed by atoms with Crippen LogP contribution >= 0.6 is 15.2 Å². The highest BCUT2D eigenvalue weighted by Gasteiger charge is 2.51. The number of hydrogen-bond acceptors (Lipinski definition) is 7. The van der Waals surface area contributed by atoms with Gasteiger partial charge < -0.3 is 46.4 Å². The predicted molar refractivity (Wildman–Crippen MR) is 215 cm³/mol. The molecule has 10 N–H and O–H groups in total. The zero-order chi connectivity index (χ0) is 46.0. The molecule has 0 aliphatic carbocycles. The Bertz CT molecular complexity index is 1860. The molecular formula is C39H56F4N4O12P2. The SMILES string of the molecule is CCCCCCCCCCCCCCC(=O)N[C@@H](Cc1ccc(C(F)(F)P(=O)(O)O)cc1)C(=O)N[C@@H](CC(=O)O)C(=O)N[C@@H](Cc1ccc(C(F)(F)P(=O)(O)O)cc1)C(N)=O. The van der Waals surface area contributed by atoms with E-state index in [4.69, 9.17) is 25.3 Å². The van der Waals surface area contributed by atoms with Gasteiger partial charge in [-0.1, -0.05) is 126 Å². The number of benzene rings is 2. The smallest absolute Gasteiger partial charge is 0.399 e. The first-order valence-corrected chi connectivity index (χ1v) is 23.1. The summed E-state index contributed by atoms with van der Waals surface area (Å²) in [7, 11) is -11.8.